The van der Waals surface area contributed by atoms with Crippen LogP contribution < -0.4 is 4.74 Å². The molecule has 0 saturated carbocycles. The lowest BCUT2D eigenvalue weighted by Crippen LogP contribution is -2.27. The average Bonchev–Trinajstić information content (AvgIpc) is 2.55. The molecule has 0 amide bonds. The smallest absolute Gasteiger partial charge is 0.124 e. The Morgan fingerprint density at radius 1 is 1.05 bits per heavy atom. The van der Waals surface area contributed by atoms with Gasteiger partial charge in [-0.1, -0.05) is 48.6 Å². The van der Waals surface area contributed by atoms with Crippen LogP contribution in [0.25, 0.3) is 11.1 Å². The second kappa shape index (κ2) is 6.15. The van der Waals surface area contributed by atoms with E-state index in [1.807, 2.05) is 6.07 Å². The number of nitrogens with zero attached hydrogens (tertiary/aromatic N) is 1. The monoisotopic (exact) mass is 279 g/mol. The van der Waals surface area contributed by atoms with Crippen LogP contribution in [0, 0.1) is 0 Å². The first-order valence-electron chi connectivity index (χ1n) is 7.40. The molecule has 0 fully saturated rings. The summed E-state index contributed by atoms with van der Waals surface area (Å²) >= 11 is 0. The van der Waals surface area contributed by atoms with Crippen LogP contribution in [0.5, 0.6) is 5.75 Å². The zero-order valence-corrected chi connectivity index (χ0v) is 12.6. The van der Waals surface area contributed by atoms with Gasteiger partial charge in [-0.15, -0.1) is 0 Å². The first-order chi connectivity index (χ1) is 10.3. The van der Waals surface area contributed by atoms with E-state index < -0.39 is 0 Å². The van der Waals surface area contributed by atoms with Crippen molar-refractivity contribution in [3.05, 3.63) is 66.2 Å². The highest BCUT2D eigenvalue weighted by molar-refractivity contribution is 5.66. The van der Waals surface area contributed by atoms with Crippen LogP contribution in [-0.4, -0.2) is 25.6 Å². The maximum Gasteiger partial charge on any atom is 0.124 e. The number of likely N-dealkylation sites (N-methyl/N-ethyl adjacent to an activating group) is 1. The van der Waals surface area contributed by atoms with Gasteiger partial charge in [0.1, 0.15) is 5.75 Å². The van der Waals surface area contributed by atoms with Gasteiger partial charge in [0.15, 0.2) is 0 Å². The number of rotatable bonds is 3. The minimum absolute atomic E-state index is 0.289. The molecule has 1 aliphatic rings. The van der Waals surface area contributed by atoms with Crippen molar-refractivity contribution in [3.63, 3.8) is 0 Å². The number of methoxy groups -OCH3 is 1. The number of hydrogen-bond acceptors (Lipinski definition) is 2. The van der Waals surface area contributed by atoms with Crippen LogP contribution in [-0.2, 0) is 0 Å². The zero-order chi connectivity index (χ0) is 14.7. The third-order valence-corrected chi connectivity index (χ3v) is 4.10. The zero-order valence-electron chi connectivity index (χ0n) is 12.6. The molecule has 1 aliphatic heterocycles. The van der Waals surface area contributed by atoms with E-state index in [1.165, 1.54) is 16.7 Å². The molecule has 0 aromatic heterocycles. The molecule has 1 unspecified atom stereocenters. The van der Waals surface area contributed by atoms with E-state index in [4.69, 9.17) is 4.74 Å². The van der Waals surface area contributed by atoms with Crippen LogP contribution in [0.3, 0.4) is 0 Å². The molecule has 0 spiro atoms. The summed E-state index contributed by atoms with van der Waals surface area (Å²) in [4.78, 5) is 2.37. The summed E-state index contributed by atoms with van der Waals surface area (Å²) in [6, 6.07) is 17.2. The average molecular weight is 279 g/mol. The standard InChI is InChI=1S/C19H21NO/c1-20-13-7-6-10-18(20)17-14-16(11-12-19(17)21-2)15-8-4-3-5-9-15/h3-6,8-12,14,18H,7,13H2,1-2H3. The molecule has 2 aromatic carbocycles. The fourth-order valence-electron chi connectivity index (χ4n) is 2.91. The Balaban J connectivity index is 2.05. The lowest BCUT2D eigenvalue weighted by atomic mass is 9.96. The van der Waals surface area contributed by atoms with Gasteiger partial charge in [-0.3, -0.25) is 4.90 Å². The van der Waals surface area contributed by atoms with Gasteiger partial charge in [0.05, 0.1) is 13.2 Å². The van der Waals surface area contributed by atoms with Gasteiger partial charge in [0, 0.05) is 12.1 Å². The van der Waals surface area contributed by atoms with Crippen LogP contribution in [0.1, 0.15) is 18.0 Å². The number of hydrogen-bond donors (Lipinski definition) is 0. The summed E-state index contributed by atoms with van der Waals surface area (Å²) in [6.45, 7) is 1.08. The maximum atomic E-state index is 5.58. The Labute approximate surface area is 126 Å². The summed E-state index contributed by atoms with van der Waals surface area (Å²) in [5, 5.41) is 0. The lowest BCUT2D eigenvalue weighted by Gasteiger charge is -2.30. The van der Waals surface area contributed by atoms with Gasteiger partial charge in [0.25, 0.3) is 0 Å². The van der Waals surface area contributed by atoms with Gasteiger partial charge in [0.2, 0.25) is 0 Å². The normalized spacial score (nSPS) is 18.7. The second-order valence-corrected chi connectivity index (χ2v) is 5.47. The van der Waals surface area contributed by atoms with Crippen molar-refractivity contribution in [1.29, 1.82) is 0 Å². The maximum absolute atomic E-state index is 5.58. The molecule has 0 radical (unpaired) electrons. The van der Waals surface area contributed by atoms with Crippen LogP contribution in [0.4, 0.5) is 0 Å². The van der Waals surface area contributed by atoms with Crippen molar-refractivity contribution < 1.29 is 4.74 Å². The molecule has 1 atom stereocenters. The van der Waals surface area contributed by atoms with Crippen molar-refractivity contribution in [1.82, 2.24) is 4.90 Å². The Bertz CT molecular complexity index is 633. The second-order valence-electron chi connectivity index (χ2n) is 5.47. The van der Waals surface area contributed by atoms with Gasteiger partial charge in [-0.25, -0.2) is 0 Å². The summed E-state index contributed by atoms with van der Waals surface area (Å²) in [5.74, 6) is 0.957. The van der Waals surface area contributed by atoms with E-state index in [0.29, 0.717) is 0 Å². The van der Waals surface area contributed by atoms with E-state index in [0.717, 1.165) is 18.7 Å². The van der Waals surface area contributed by atoms with E-state index in [2.05, 4.69) is 66.6 Å². The Morgan fingerprint density at radius 3 is 2.57 bits per heavy atom. The first kappa shape index (κ1) is 13.9. The molecular weight excluding hydrogens is 258 g/mol. The minimum Gasteiger partial charge on any atom is -0.496 e. The van der Waals surface area contributed by atoms with Crippen LogP contribution in [0.15, 0.2) is 60.7 Å². The van der Waals surface area contributed by atoms with Crippen molar-refractivity contribution in [2.45, 2.75) is 12.5 Å². The van der Waals surface area contributed by atoms with Crippen LogP contribution in [0.2, 0.25) is 0 Å². The molecule has 0 bridgehead atoms. The SMILES string of the molecule is COc1ccc(-c2ccccc2)cc1C1C=CCCN1C. The molecule has 0 N–H and O–H groups in total. The van der Waals surface area contributed by atoms with Crippen molar-refractivity contribution in [2.75, 3.05) is 20.7 Å². The Morgan fingerprint density at radius 2 is 1.86 bits per heavy atom. The summed E-state index contributed by atoms with van der Waals surface area (Å²) < 4.78 is 5.58. The molecule has 108 valence electrons. The first-order valence-corrected chi connectivity index (χ1v) is 7.40. The minimum atomic E-state index is 0.289. The molecule has 0 aliphatic carbocycles. The van der Waals surface area contributed by atoms with Gasteiger partial charge in [-0.2, -0.15) is 0 Å². The lowest BCUT2D eigenvalue weighted by molar-refractivity contribution is 0.272. The Kier molecular flexibility index (Phi) is 4.07. The van der Waals surface area contributed by atoms with Crippen LogP contribution >= 0.6 is 0 Å². The predicted molar refractivity (Wildman–Crippen MR) is 87.6 cm³/mol. The summed E-state index contributed by atoms with van der Waals surface area (Å²) in [7, 11) is 3.91. The van der Waals surface area contributed by atoms with Gasteiger partial charge in [-0.05, 0) is 36.7 Å². The quantitative estimate of drug-likeness (QED) is 0.777. The highest BCUT2D eigenvalue weighted by Gasteiger charge is 2.20. The third-order valence-electron chi connectivity index (χ3n) is 4.10. The third kappa shape index (κ3) is 2.86. The predicted octanol–water partition coefficient (Wildman–Crippen LogP) is 4.30. The number of ether oxygens (including phenoxy) is 1. The molecule has 0 saturated heterocycles. The highest BCUT2D eigenvalue weighted by atomic mass is 16.5. The largest absolute Gasteiger partial charge is 0.496 e. The highest BCUT2D eigenvalue weighted by Crippen LogP contribution is 2.35. The molecule has 2 nitrogen and oxygen atoms in total. The molecule has 2 heteroatoms. The van der Waals surface area contributed by atoms with E-state index in [-0.39, 0.29) is 6.04 Å². The topological polar surface area (TPSA) is 12.5 Å². The van der Waals surface area contributed by atoms with E-state index >= 15 is 0 Å². The van der Waals surface area contributed by atoms with E-state index in [1.54, 1.807) is 7.11 Å². The van der Waals surface area contributed by atoms with Crippen molar-refractivity contribution in [2.24, 2.45) is 0 Å². The fourth-order valence-corrected chi connectivity index (χ4v) is 2.91. The summed E-state index contributed by atoms with van der Waals surface area (Å²) in [6.07, 6.45) is 5.66. The van der Waals surface area contributed by atoms with Crippen molar-refractivity contribution >= 4 is 0 Å². The number of benzene rings is 2. The molecule has 21 heavy (non-hydrogen) atoms. The Hall–Kier alpha value is -2.06. The fraction of sp³-hybridized carbons (Fsp3) is 0.263. The van der Waals surface area contributed by atoms with Gasteiger partial charge >= 0.3 is 0 Å². The molecule has 3 rings (SSSR count). The van der Waals surface area contributed by atoms with E-state index in [9.17, 15) is 0 Å². The summed E-state index contributed by atoms with van der Waals surface area (Å²) in [5.41, 5.74) is 3.71. The molecular formula is C19H21NO. The van der Waals surface area contributed by atoms with Gasteiger partial charge < -0.3 is 4.74 Å². The van der Waals surface area contributed by atoms with Crippen molar-refractivity contribution in [3.8, 4) is 16.9 Å². The molecule has 2 aromatic rings. The molecule has 1 heterocycles.